The smallest absolute Gasteiger partial charge is 0.214 e. The molecule has 3 rings (SSSR count). The summed E-state index contributed by atoms with van der Waals surface area (Å²) in [5.41, 5.74) is 2.74. The maximum absolute atomic E-state index is 4.70. The van der Waals surface area contributed by atoms with Gasteiger partial charge in [-0.05, 0) is 42.0 Å². The molecule has 1 aromatic carbocycles. The molecule has 0 saturated heterocycles. The van der Waals surface area contributed by atoms with E-state index >= 15 is 0 Å². The lowest BCUT2D eigenvalue weighted by molar-refractivity contribution is 0.419. The second kappa shape index (κ2) is 5.83. The molecule has 2 heterocycles. The first-order chi connectivity index (χ1) is 9.92. The van der Waals surface area contributed by atoms with Crippen LogP contribution in [0.25, 0.3) is 11.4 Å². The normalized spacial score (nSPS) is 11.0. The zero-order valence-electron chi connectivity index (χ0n) is 10.5. The van der Waals surface area contributed by atoms with Gasteiger partial charge in [0.05, 0.1) is 12.2 Å². The summed E-state index contributed by atoms with van der Waals surface area (Å²) >= 11 is 0. The van der Waals surface area contributed by atoms with Crippen LogP contribution in [0.1, 0.15) is 5.56 Å². The standard InChI is InChI=1S/C14H11N5O/c1-3-13(4-2-12(1)14-16-10-20-19-14)18-17-9-11-5-7-15-8-6-11/h1-8,10H,9H2. The van der Waals surface area contributed by atoms with Gasteiger partial charge in [-0.25, -0.2) is 0 Å². The zero-order chi connectivity index (χ0) is 13.6. The highest BCUT2D eigenvalue weighted by atomic mass is 16.5. The third-order valence-electron chi connectivity index (χ3n) is 2.68. The van der Waals surface area contributed by atoms with Crippen LogP contribution in [-0.2, 0) is 6.54 Å². The molecule has 0 atom stereocenters. The molecule has 0 radical (unpaired) electrons. The van der Waals surface area contributed by atoms with Crippen LogP contribution >= 0.6 is 0 Å². The highest BCUT2D eigenvalue weighted by molar-refractivity contribution is 5.57. The van der Waals surface area contributed by atoms with Crippen molar-refractivity contribution < 1.29 is 4.52 Å². The molecule has 0 spiro atoms. The Morgan fingerprint density at radius 3 is 2.50 bits per heavy atom. The summed E-state index contributed by atoms with van der Waals surface area (Å²) in [5.74, 6) is 0.560. The van der Waals surface area contributed by atoms with E-state index in [4.69, 9.17) is 4.52 Å². The quantitative estimate of drug-likeness (QED) is 0.677. The van der Waals surface area contributed by atoms with E-state index in [1.54, 1.807) is 12.4 Å². The number of aromatic nitrogens is 3. The third-order valence-corrected chi connectivity index (χ3v) is 2.68. The van der Waals surface area contributed by atoms with E-state index in [1.165, 1.54) is 6.39 Å². The summed E-state index contributed by atoms with van der Waals surface area (Å²) in [6.45, 7) is 0.537. The van der Waals surface area contributed by atoms with Gasteiger partial charge >= 0.3 is 0 Å². The number of pyridine rings is 1. The summed E-state index contributed by atoms with van der Waals surface area (Å²) in [6.07, 6.45) is 4.78. The molecule has 0 fully saturated rings. The molecule has 0 N–H and O–H groups in total. The maximum Gasteiger partial charge on any atom is 0.214 e. The number of hydrogen-bond acceptors (Lipinski definition) is 6. The highest BCUT2D eigenvalue weighted by Crippen LogP contribution is 2.19. The van der Waals surface area contributed by atoms with Crippen LogP contribution in [0.3, 0.4) is 0 Å². The molecule has 0 unspecified atom stereocenters. The Morgan fingerprint density at radius 2 is 1.80 bits per heavy atom. The fraction of sp³-hybridized carbons (Fsp3) is 0.0714. The summed E-state index contributed by atoms with van der Waals surface area (Å²) < 4.78 is 4.70. The van der Waals surface area contributed by atoms with Crippen LogP contribution in [0, 0.1) is 0 Å². The van der Waals surface area contributed by atoms with Gasteiger partial charge in [0, 0.05) is 18.0 Å². The Balaban J connectivity index is 1.66. The van der Waals surface area contributed by atoms with Gasteiger partial charge in [-0.15, -0.1) is 0 Å². The van der Waals surface area contributed by atoms with E-state index in [0.29, 0.717) is 12.4 Å². The topological polar surface area (TPSA) is 76.5 Å². The molecule has 3 aromatic rings. The van der Waals surface area contributed by atoms with Crippen LogP contribution in [-0.4, -0.2) is 15.1 Å². The molecule has 6 nitrogen and oxygen atoms in total. The van der Waals surface area contributed by atoms with E-state index in [9.17, 15) is 0 Å². The van der Waals surface area contributed by atoms with Crippen molar-refractivity contribution in [1.82, 2.24) is 15.1 Å². The van der Waals surface area contributed by atoms with E-state index in [-0.39, 0.29) is 0 Å². The number of rotatable bonds is 4. The van der Waals surface area contributed by atoms with Gasteiger partial charge in [0.25, 0.3) is 0 Å². The lowest BCUT2D eigenvalue weighted by Crippen LogP contribution is -1.80. The van der Waals surface area contributed by atoms with Crippen LogP contribution in [0.5, 0.6) is 0 Å². The van der Waals surface area contributed by atoms with Crippen molar-refractivity contribution in [2.75, 3.05) is 0 Å². The Kier molecular flexibility index (Phi) is 3.55. The van der Waals surface area contributed by atoms with Crippen molar-refractivity contribution in [1.29, 1.82) is 0 Å². The van der Waals surface area contributed by atoms with Gasteiger partial charge in [-0.1, -0.05) is 5.16 Å². The Bertz CT molecular complexity index is 677. The highest BCUT2D eigenvalue weighted by Gasteiger charge is 2.01. The molecule has 0 bridgehead atoms. The second-order valence-corrected chi connectivity index (χ2v) is 4.06. The molecular formula is C14H11N5O. The maximum atomic E-state index is 4.70. The van der Waals surface area contributed by atoms with Crippen LogP contribution in [0.2, 0.25) is 0 Å². The van der Waals surface area contributed by atoms with Crippen LogP contribution in [0.4, 0.5) is 5.69 Å². The van der Waals surface area contributed by atoms with Crippen molar-refractivity contribution in [3.63, 3.8) is 0 Å². The minimum absolute atomic E-state index is 0.537. The first-order valence-corrected chi connectivity index (χ1v) is 6.05. The molecule has 2 aromatic heterocycles. The fourth-order valence-electron chi connectivity index (χ4n) is 1.66. The minimum Gasteiger partial charge on any atom is -0.342 e. The molecule has 0 aliphatic rings. The summed E-state index contributed by atoms with van der Waals surface area (Å²) in [4.78, 5) is 7.93. The average Bonchev–Trinajstić information content (AvgIpc) is 3.03. The molecule has 0 aliphatic heterocycles. The van der Waals surface area contributed by atoms with Crippen LogP contribution < -0.4 is 0 Å². The molecule has 20 heavy (non-hydrogen) atoms. The molecule has 0 saturated carbocycles. The largest absolute Gasteiger partial charge is 0.342 e. The summed E-state index contributed by atoms with van der Waals surface area (Å²) in [6, 6.07) is 11.3. The van der Waals surface area contributed by atoms with Gasteiger partial charge in [0.2, 0.25) is 12.2 Å². The first kappa shape index (κ1) is 12.2. The average molecular weight is 265 g/mol. The Hall–Kier alpha value is -2.89. The van der Waals surface area contributed by atoms with Crippen molar-refractivity contribution >= 4 is 5.69 Å². The van der Waals surface area contributed by atoms with Gasteiger partial charge in [0.15, 0.2) is 0 Å². The lowest BCUT2D eigenvalue weighted by atomic mass is 10.2. The van der Waals surface area contributed by atoms with E-state index in [1.807, 2.05) is 36.4 Å². The second-order valence-electron chi connectivity index (χ2n) is 4.06. The molecular weight excluding hydrogens is 254 g/mol. The number of hydrogen-bond donors (Lipinski definition) is 0. The van der Waals surface area contributed by atoms with Crippen molar-refractivity contribution in [2.24, 2.45) is 10.2 Å². The summed E-state index contributed by atoms with van der Waals surface area (Å²) in [7, 11) is 0. The third kappa shape index (κ3) is 2.92. The number of benzene rings is 1. The van der Waals surface area contributed by atoms with Gasteiger partial charge in [-0.3, -0.25) is 4.98 Å². The van der Waals surface area contributed by atoms with Gasteiger partial charge in [0.1, 0.15) is 0 Å². The SMILES string of the molecule is c1cc(CN=Nc2ccc(-c3ncon3)cc2)ccn1. The van der Waals surface area contributed by atoms with Crippen molar-refractivity contribution in [2.45, 2.75) is 6.54 Å². The monoisotopic (exact) mass is 265 g/mol. The van der Waals surface area contributed by atoms with Gasteiger partial charge < -0.3 is 4.52 Å². The molecule has 0 aliphatic carbocycles. The van der Waals surface area contributed by atoms with E-state index < -0.39 is 0 Å². The predicted molar refractivity (Wildman–Crippen MR) is 72.2 cm³/mol. The molecule has 98 valence electrons. The fourth-order valence-corrected chi connectivity index (χ4v) is 1.66. The number of azo groups is 1. The van der Waals surface area contributed by atoms with Crippen molar-refractivity contribution in [3.05, 3.63) is 60.7 Å². The minimum atomic E-state index is 0.537. The summed E-state index contributed by atoms with van der Waals surface area (Å²) in [5, 5.41) is 12.1. The Labute approximate surface area is 115 Å². The predicted octanol–water partition coefficient (Wildman–Crippen LogP) is 3.42. The molecule has 6 heteroatoms. The van der Waals surface area contributed by atoms with Crippen LogP contribution in [0.15, 0.2) is 69.9 Å². The lowest BCUT2D eigenvalue weighted by Gasteiger charge is -1.96. The molecule has 0 amide bonds. The van der Waals surface area contributed by atoms with E-state index in [2.05, 4.69) is 25.4 Å². The first-order valence-electron chi connectivity index (χ1n) is 6.05. The Morgan fingerprint density at radius 1 is 1.00 bits per heavy atom. The van der Waals surface area contributed by atoms with E-state index in [0.717, 1.165) is 16.8 Å². The van der Waals surface area contributed by atoms with Gasteiger partial charge in [-0.2, -0.15) is 15.2 Å². The number of nitrogens with zero attached hydrogens (tertiary/aromatic N) is 5. The zero-order valence-corrected chi connectivity index (χ0v) is 10.5. The van der Waals surface area contributed by atoms with Crippen molar-refractivity contribution in [3.8, 4) is 11.4 Å².